The van der Waals surface area contributed by atoms with Gasteiger partial charge in [-0.3, -0.25) is 4.79 Å². The van der Waals surface area contributed by atoms with Gasteiger partial charge in [0.2, 0.25) is 5.78 Å². The minimum Gasteiger partial charge on any atom is -0.497 e. The molecular weight excluding hydrogens is 371 g/mol. The van der Waals surface area contributed by atoms with Crippen LogP contribution in [0.4, 0.5) is 4.39 Å². The van der Waals surface area contributed by atoms with Crippen molar-refractivity contribution in [2.24, 2.45) is 0 Å². The fourth-order valence-electron chi connectivity index (χ4n) is 3.16. The maximum atomic E-state index is 13.0. The van der Waals surface area contributed by atoms with Gasteiger partial charge in [-0.1, -0.05) is 24.3 Å². The van der Waals surface area contributed by atoms with E-state index in [-0.39, 0.29) is 17.4 Å². The van der Waals surface area contributed by atoms with Gasteiger partial charge in [0.25, 0.3) is 0 Å². The highest BCUT2D eigenvalue weighted by molar-refractivity contribution is 6.15. The highest BCUT2D eigenvalue weighted by atomic mass is 19.1. The molecule has 3 aromatic carbocycles. The van der Waals surface area contributed by atoms with Crippen molar-refractivity contribution in [3.63, 3.8) is 0 Å². The first-order chi connectivity index (χ1) is 14.0. The maximum Gasteiger partial charge on any atom is 0.232 e. The normalized spacial score (nSPS) is 13.9. The van der Waals surface area contributed by atoms with E-state index in [1.165, 1.54) is 12.1 Å². The average molecular weight is 390 g/mol. The van der Waals surface area contributed by atoms with Gasteiger partial charge in [0.1, 0.15) is 29.7 Å². The quantitative estimate of drug-likeness (QED) is 0.552. The largest absolute Gasteiger partial charge is 0.497 e. The highest BCUT2D eigenvalue weighted by Gasteiger charge is 2.30. The third-order valence-corrected chi connectivity index (χ3v) is 4.68. The van der Waals surface area contributed by atoms with Gasteiger partial charge in [0.05, 0.1) is 12.7 Å². The van der Waals surface area contributed by atoms with E-state index >= 15 is 0 Å². The molecule has 0 N–H and O–H groups in total. The topological polar surface area (TPSA) is 44.8 Å². The van der Waals surface area contributed by atoms with Gasteiger partial charge >= 0.3 is 0 Å². The van der Waals surface area contributed by atoms with E-state index in [0.717, 1.165) is 22.4 Å². The van der Waals surface area contributed by atoms with Crippen LogP contribution in [0, 0.1) is 12.7 Å². The number of carbonyl (C=O) groups is 1. The molecule has 0 spiro atoms. The summed E-state index contributed by atoms with van der Waals surface area (Å²) in [5, 5.41) is 0. The van der Waals surface area contributed by atoms with Gasteiger partial charge in [-0.2, -0.15) is 0 Å². The molecule has 1 heterocycles. The summed E-state index contributed by atoms with van der Waals surface area (Å²) in [5.74, 6) is 1.63. The molecule has 4 nitrogen and oxygen atoms in total. The Hall–Kier alpha value is -3.60. The van der Waals surface area contributed by atoms with Crippen molar-refractivity contribution >= 4 is 11.9 Å². The van der Waals surface area contributed by atoms with Crippen LogP contribution in [0.3, 0.4) is 0 Å². The Morgan fingerprint density at radius 2 is 1.72 bits per heavy atom. The van der Waals surface area contributed by atoms with E-state index in [1.54, 1.807) is 37.5 Å². The molecule has 0 aliphatic carbocycles. The molecule has 3 aromatic rings. The van der Waals surface area contributed by atoms with Crippen LogP contribution in [-0.2, 0) is 6.61 Å². The van der Waals surface area contributed by atoms with Gasteiger partial charge < -0.3 is 14.2 Å². The van der Waals surface area contributed by atoms with Crippen molar-refractivity contribution in [2.45, 2.75) is 13.5 Å². The van der Waals surface area contributed by atoms with E-state index in [9.17, 15) is 9.18 Å². The second-order valence-corrected chi connectivity index (χ2v) is 6.74. The van der Waals surface area contributed by atoms with E-state index in [2.05, 4.69) is 0 Å². The van der Waals surface area contributed by atoms with Gasteiger partial charge in [0, 0.05) is 6.07 Å². The molecule has 0 fully saturated rings. The van der Waals surface area contributed by atoms with Gasteiger partial charge in [-0.05, 0) is 60.0 Å². The third-order valence-electron chi connectivity index (χ3n) is 4.68. The molecule has 5 heteroatoms. The summed E-state index contributed by atoms with van der Waals surface area (Å²) in [4.78, 5) is 12.8. The van der Waals surface area contributed by atoms with Crippen LogP contribution in [-0.4, -0.2) is 12.9 Å². The number of benzene rings is 3. The molecule has 0 atom stereocenters. The molecule has 4 rings (SSSR count). The lowest BCUT2D eigenvalue weighted by molar-refractivity contribution is 0.101. The lowest BCUT2D eigenvalue weighted by atomic mass is 10.0. The second-order valence-electron chi connectivity index (χ2n) is 6.74. The van der Waals surface area contributed by atoms with Crippen LogP contribution in [0.5, 0.6) is 17.2 Å². The lowest BCUT2D eigenvalue weighted by Gasteiger charge is -2.09. The number of rotatable bonds is 5. The summed E-state index contributed by atoms with van der Waals surface area (Å²) < 4.78 is 29.8. The first-order valence-corrected chi connectivity index (χ1v) is 9.13. The number of halogens is 1. The number of aryl methyl sites for hydroxylation is 1. The molecule has 146 valence electrons. The minimum atomic E-state index is -0.287. The number of ketones is 1. The number of fused-ring (bicyclic) bond motifs is 1. The first-order valence-electron chi connectivity index (χ1n) is 9.13. The van der Waals surface area contributed by atoms with Crippen molar-refractivity contribution in [3.8, 4) is 17.2 Å². The monoisotopic (exact) mass is 390 g/mol. The van der Waals surface area contributed by atoms with Gasteiger partial charge in [-0.25, -0.2) is 4.39 Å². The van der Waals surface area contributed by atoms with Crippen molar-refractivity contribution in [2.75, 3.05) is 7.11 Å². The van der Waals surface area contributed by atoms with E-state index in [1.807, 2.05) is 31.2 Å². The smallest absolute Gasteiger partial charge is 0.232 e. The molecule has 0 aromatic heterocycles. The molecule has 0 radical (unpaired) electrons. The molecule has 0 amide bonds. The van der Waals surface area contributed by atoms with Crippen molar-refractivity contribution in [3.05, 3.63) is 94.5 Å². The molecule has 29 heavy (non-hydrogen) atoms. The van der Waals surface area contributed by atoms with E-state index in [0.29, 0.717) is 23.7 Å². The van der Waals surface area contributed by atoms with Crippen LogP contribution in [0.2, 0.25) is 0 Å². The average Bonchev–Trinajstić information content (AvgIpc) is 3.04. The molecular formula is C24H19FO4. The predicted octanol–water partition coefficient (Wildman–Crippen LogP) is 5.34. The summed E-state index contributed by atoms with van der Waals surface area (Å²) in [6.07, 6.45) is 1.71. The zero-order valence-electron chi connectivity index (χ0n) is 16.1. The Labute approximate surface area is 168 Å². The molecule has 0 bridgehead atoms. The number of methoxy groups -OCH3 is 1. The predicted molar refractivity (Wildman–Crippen MR) is 108 cm³/mol. The fourth-order valence-corrected chi connectivity index (χ4v) is 3.16. The molecule has 0 saturated carbocycles. The zero-order chi connectivity index (χ0) is 20.4. The van der Waals surface area contributed by atoms with Crippen LogP contribution in [0.15, 0.2) is 66.4 Å². The number of allylic oxidation sites excluding steroid dienone is 1. The highest BCUT2D eigenvalue weighted by Crippen LogP contribution is 2.37. The van der Waals surface area contributed by atoms with Crippen LogP contribution in [0.1, 0.15) is 27.0 Å². The maximum absolute atomic E-state index is 13.0. The van der Waals surface area contributed by atoms with Gasteiger partial charge in [-0.15, -0.1) is 0 Å². The van der Waals surface area contributed by atoms with E-state index < -0.39 is 0 Å². The van der Waals surface area contributed by atoms with E-state index in [4.69, 9.17) is 14.2 Å². The van der Waals surface area contributed by atoms with Crippen LogP contribution in [0.25, 0.3) is 6.08 Å². The third kappa shape index (κ3) is 3.99. The number of ether oxygens (including phenoxy) is 3. The summed E-state index contributed by atoms with van der Waals surface area (Å²) in [7, 11) is 1.60. The Balaban J connectivity index is 1.54. The minimum absolute atomic E-state index is 0.154. The number of hydrogen-bond acceptors (Lipinski definition) is 4. The summed E-state index contributed by atoms with van der Waals surface area (Å²) in [6.45, 7) is 2.14. The molecule has 0 unspecified atom stereocenters. The van der Waals surface area contributed by atoms with Crippen molar-refractivity contribution in [1.82, 2.24) is 0 Å². The van der Waals surface area contributed by atoms with Crippen LogP contribution >= 0.6 is 0 Å². The van der Waals surface area contributed by atoms with Crippen LogP contribution < -0.4 is 14.2 Å². The first kappa shape index (κ1) is 18.7. The Bertz CT molecular complexity index is 1080. The zero-order valence-corrected chi connectivity index (χ0v) is 16.1. The Morgan fingerprint density at radius 1 is 1.00 bits per heavy atom. The summed E-state index contributed by atoms with van der Waals surface area (Å²) in [6, 6.07) is 17.0. The molecule has 1 aliphatic rings. The second kappa shape index (κ2) is 7.80. The molecule has 0 saturated heterocycles. The van der Waals surface area contributed by atoms with Crippen molar-refractivity contribution < 1.29 is 23.4 Å². The summed E-state index contributed by atoms with van der Waals surface area (Å²) in [5.41, 5.74) is 3.01. The standard InChI is InChI=1S/C24H19FO4/c1-15-11-20(28-14-17-3-7-18(25)8-4-17)13-21-23(15)24(26)22(29-21)12-16-5-9-19(27-2)10-6-16/h3-13H,14H2,1-2H3/b22-12-. The molecule has 1 aliphatic heterocycles. The Kier molecular flexibility index (Phi) is 5.04. The fraction of sp³-hybridized carbons (Fsp3) is 0.125. The Morgan fingerprint density at radius 3 is 2.41 bits per heavy atom. The number of Topliss-reactive ketones (excluding diaryl/α,β-unsaturated/α-hetero) is 1. The lowest BCUT2D eigenvalue weighted by Crippen LogP contribution is -2.00. The summed E-state index contributed by atoms with van der Waals surface area (Å²) >= 11 is 0. The van der Waals surface area contributed by atoms with Crippen molar-refractivity contribution in [1.29, 1.82) is 0 Å². The number of hydrogen-bond donors (Lipinski definition) is 0. The SMILES string of the molecule is COc1ccc(/C=C2\Oc3cc(OCc4ccc(F)cc4)cc(C)c3C2=O)cc1. The number of carbonyl (C=O) groups excluding carboxylic acids is 1. The van der Waals surface area contributed by atoms with Gasteiger partial charge in [0.15, 0.2) is 5.76 Å².